The molecule has 3 fully saturated rings. The van der Waals surface area contributed by atoms with Gasteiger partial charge in [-0.25, -0.2) is 0 Å². The first-order valence-electron chi connectivity index (χ1n) is 42.6. The molecule has 3 saturated carbocycles. The van der Waals surface area contributed by atoms with E-state index in [9.17, 15) is 0 Å². The second kappa shape index (κ2) is 42.4. The maximum atomic E-state index is 4.76. The van der Waals surface area contributed by atoms with Crippen molar-refractivity contribution in [3.63, 3.8) is 0 Å². The van der Waals surface area contributed by atoms with Gasteiger partial charge in [-0.15, -0.1) is 179 Å². The minimum atomic E-state index is -1.40. The molecule has 15 heteroatoms. The summed E-state index contributed by atoms with van der Waals surface area (Å²) < 4.78 is 8.19. The van der Waals surface area contributed by atoms with Gasteiger partial charge in [0.05, 0.1) is 24.2 Å². The second-order valence-corrected chi connectivity index (χ2v) is 53.1. The van der Waals surface area contributed by atoms with Crippen LogP contribution in [0.15, 0.2) is 292 Å². The fraction of sp³-hybridized carbons (Fsp3) is 0.222. The van der Waals surface area contributed by atoms with Crippen molar-refractivity contribution >= 4 is 134 Å². The molecule has 627 valence electrons. The van der Waals surface area contributed by atoms with Gasteiger partial charge in [0.25, 0.3) is 0 Å². The molecular weight excluding hydrogens is 2140 g/mol. The number of pyridine rings is 6. The van der Waals surface area contributed by atoms with Gasteiger partial charge in [0, 0.05) is 112 Å². The SMILES string of the molecule is C[Si](C)(C)c1ccc2c(c1)sc1c(-c3cc(C4CCCC4)ccn3)[c-]ccc12.C[Si](C)(C)c1ccc2sc3c(-c4cc(C5CCCC5)ccn4)[c-]ccc3c2c1.C[Si](C)(C)c1cccc2c1sc1c(-c3cc(C4CCCC4)ccn3)[c-]ccc12.[Ir].[Ir].[Ir].[c-]1ccccc1-c1ccccn1.[c-]1ccccc1-c1ccccn1.[c-]1ccccc1-c1ccccn1. The van der Waals surface area contributed by atoms with Crippen LogP contribution in [0, 0.1) is 36.4 Å². The number of benzene rings is 9. The Bertz CT molecular complexity index is 6090. The second-order valence-electron chi connectivity index (χ2n) is 34.8. The number of thiophene rings is 3. The Morgan fingerprint density at radius 3 is 1.00 bits per heavy atom. The van der Waals surface area contributed by atoms with Crippen molar-refractivity contribution < 1.29 is 60.3 Å². The van der Waals surface area contributed by atoms with Crippen LogP contribution in [-0.2, 0) is 60.3 Å². The molecule has 0 saturated heterocycles. The molecule has 0 aliphatic heterocycles. The summed E-state index contributed by atoms with van der Waals surface area (Å²) in [6, 6.07) is 109. The molecule has 9 aromatic heterocycles. The zero-order valence-corrected chi connectivity index (χ0v) is 84.0. The van der Waals surface area contributed by atoms with Crippen molar-refractivity contribution in [1.29, 1.82) is 0 Å². The molecule has 21 rings (SSSR count). The first-order chi connectivity index (χ1) is 58.4. The first-order valence-corrected chi connectivity index (χ1v) is 55.5. The minimum absolute atomic E-state index is 0. The van der Waals surface area contributed by atoms with E-state index in [2.05, 4.69) is 238 Å². The van der Waals surface area contributed by atoms with E-state index in [0.29, 0.717) is 17.8 Å². The molecule has 0 atom stereocenters. The van der Waals surface area contributed by atoms with Gasteiger partial charge in [0.2, 0.25) is 0 Å². The summed E-state index contributed by atoms with van der Waals surface area (Å²) in [5.41, 5.74) is 17.1. The molecule has 0 spiro atoms. The van der Waals surface area contributed by atoms with Crippen LogP contribution in [-0.4, -0.2) is 54.1 Å². The Balaban J connectivity index is 0.000000131. The van der Waals surface area contributed by atoms with Gasteiger partial charge in [0.15, 0.2) is 0 Å². The summed E-state index contributed by atoms with van der Waals surface area (Å²) in [4.78, 5) is 26.9. The molecule has 6 nitrogen and oxygen atoms in total. The minimum Gasteiger partial charge on any atom is -0.305 e. The molecule has 0 unspecified atom stereocenters. The van der Waals surface area contributed by atoms with Crippen molar-refractivity contribution in [2.24, 2.45) is 0 Å². The van der Waals surface area contributed by atoms with E-state index in [4.69, 9.17) is 15.0 Å². The maximum absolute atomic E-state index is 4.76. The van der Waals surface area contributed by atoms with Crippen molar-refractivity contribution in [2.75, 3.05) is 0 Å². The van der Waals surface area contributed by atoms with E-state index in [0.717, 1.165) is 62.0 Å². The van der Waals surface area contributed by atoms with E-state index in [1.165, 1.54) is 170 Å². The molecule has 3 aliphatic carbocycles. The molecule has 18 aromatic rings. The Labute approximate surface area is 783 Å². The third-order valence-electron chi connectivity index (χ3n) is 23.4. The van der Waals surface area contributed by atoms with Gasteiger partial charge >= 0.3 is 0 Å². The molecular formula is C108H102Ir3N6S3Si3-6. The maximum Gasteiger partial charge on any atom is 0.0794 e. The fourth-order valence-electron chi connectivity index (χ4n) is 16.9. The number of fused-ring (bicyclic) bond motifs is 9. The summed E-state index contributed by atoms with van der Waals surface area (Å²) in [5, 5.41) is 12.8. The zero-order chi connectivity index (χ0) is 82.6. The largest absolute Gasteiger partial charge is 0.305 e. The standard InChI is InChI=1S/3C25H26NSSi.3C11H8N.3Ir/c1-28(2,3)23-13-7-11-20-19-10-6-12-21(24(19)27-25(20)23)22-16-18(14-15-26-22)17-8-4-5-9-17;1-28(2,3)19-11-12-20-21-9-6-10-22(25(21)27-24(20)16-19)23-15-18(13-14-26-23)17-7-4-5-8-17;1-28(2,3)19-11-12-24-22(16-19)20-9-6-10-21(25(20)27-24)23-15-18(13-14-26-23)17-7-4-5-8-17;3*1-2-6-10(7-3-1)11-8-4-5-9-12-11;;;/h6-7,10-11,13-17H,4-5,8-9H2,1-3H3;2*6,9,11-17H,4-5,7-8H2,1-3H3;3*1-6,8-9H;;;/q6*-1;;;. The van der Waals surface area contributed by atoms with Gasteiger partial charge in [-0.3, -0.25) is 0 Å². The quantitative estimate of drug-likeness (QED) is 0.0896. The Morgan fingerprint density at radius 1 is 0.260 bits per heavy atom. The summed E-state index contributed by atoms with van der Waals surface area (Å²) in [6.45, 7) is 21.8. The third-order valence-corrected chi connectivity index (χ3v) is 33.4. The summed E-state index contributed by atoms with van der Waals surface area (Å²) >= 11 is 5.73. The Hall–Kier alpha value is -8.86. The molecule has 3 aliphatic rings. The Morgan fingerprint density at radius 2 is 0.618 bits per heavy atom. The molecule has 3 radical (unpaired) electrons. The third kappa shape index (κ3) is 22.3. The monoisotopic (exact) mass is 2240 g/mol. The van der Waals surface area contributed by atoms with E-state index in [1.54, 1.807) is 23.8 Å². The van der Waals surface area contributed by atoms with E-state index in [-0.39, 0.29) is 60.3 Å². The van der Waals surface area contributed by atoms with Crippen LogP contribution in [0.25, 0.3) is 128 Å². The zero-order valence-electron chi connectivity index (χ0n) is 71.3. The van der Waals surface area contributed by atoms with E-state index < -0.39 is 24.2 Å². The number of rotatable bonds is 12. The van der Waals surface area contributed by atoms with Crippen molar-refractivity contribution in [3.05, 3.63) is 345 Å². The summed E-state index contributed by atoms with van der Waals surface area (Å²) in [5.74, 6) is 2.13. The smallest absolute Gasteiger partial charge is 0.0794 e. The number of hydrogen-bond acceptors (Lipinski definition) is 9. The molecule has 9 aromatic carbocycles. The normalized spacial score (nSPS) is 13.5. The van der Waals surface area contributed by atoms with E-state index >= 15 is 0 Å². The predicted octanol–water partition coefficient (Wildman–Crippen LogP) is 29.0. The van der Waals surface area contributed by atoms with Crippen LogP contribution in [0.2, 0.25) is 58.9 Å². The number of hydrogen-bond donors (Lipinski definition) is 0. The van der Waals surface area contributed by atoms with Crippen LogP contribution >= 0.6 is 34.0 Å². The van der Waals surface area contributed by atoms with Crippen LogP contribution in [0.5, 0.6) is 0 Å². The van der Waals surface area contributed by atoms with Gasteiger partial charge in [-0.05, 0) is 174 Å². The van der Waals surface area contributed by atoms with Crippen molar-refractivity contribution in [1.82, 2.24) is 29.9 Å². The average Bonchev–Trinajstić information content (AvgIpc) is 1.59. The van der Waals surface area contributed by atoms with E-state index in [1.807, 2.05) is 180 Å². The van der Waals surface area contributed by atoms with Crippen LogP contribution < -0.4 is 15.6 Å². The summed E-state index contributed by atoms with van der Waals surface area (Å²) in [7, 11) is -4.04. The molecule has 9 heterocycles. The fourth-order valence-corrected chi connectivity index (χ4v) is 25.4. The first kappa shape index (κ1) is 91.8. The summed E-state index contributed by atoms with van der Waals surface area (Å²) in [6.07, 6.45) is 27.4. The van der Waals surface area contributed by atoms with Crippen LogP contribution in [0.1, 0.15) is 111 Å². The van der Waals surface area contributed by atoms with Crippen molar-refractivity contribution in [3.8, 4) is 67.5 Å². The number of nitrogens with zero attached hydrogens (tertiary/aromatic N) is 6. The number of aromatic nitrogens is 6. The van der Waals surface area contributed by atoms with Gasteiger partial charge in [-0.2, -0.15) is 34.0 Å². The predicted molar refractivity (Wildman–Crippen MR) is 522 cm³/mol. The van der Waals surface area contributed by atoms with Crippen molar-refractivity contribution in [2.45, 2.75) is 154 Å². The van der Waals surface area contributed by atoms with Crippen LogP contribution in [0.3, 0.4) is 0 Å². The van der Waals surface area contributed by atoms with Gasteiger partial charge in [-0.1, -0.05) is 238 Å². The topological polar surface area (TPSA) is 77.3 Å². The molecule has 0 bridgehead atoms. The van der Waals surface area contributed by atoms with Gasteiger partial charge < -0.3 is 29.9 Å². The molecule has 123 heavy (non-hydrogen) atoms. The molecule has 0 N–H and O–H groups in total. The van der Waals surface area contributed by atoms with Gasteiger partial charge in [0.1, 0.15) is 0 Å². The molecule has 0 amide bonds. The Kier molecular flexibility index (Phi) is 31.7. The average molecular weight is 2240 g/mol. The van der Waals surface area contributed by atoms with Crippen LogP contribution in [0.4, 0.5) is 0 Å².